The molecule has 1 aliphatic rings. The maximum Gasteiger partial charge on any atom is 0.341 e. The van der Waals surface area contributed by atoms with Crippen molar-refractivity contribution in [3.05, 3.63) is 51.6 Å². The molecule has 2 aromatic carbocycles. The number of nitrogens with one attached hydrogen (secondary N) is 1. The van der Waals surface area contributed by atoms with Crippen molar-refractivity contribution >= 4 is 44.4 Å². The first-order valence-electron chi connectivity index (χ1n) is 10.1. The number of aliphatic carboxylic acids is 1. The van der Waals surface area contributed by atoms with E-state index in [4.69, 9.17) is 26.2 Å². The molecule has 0 bridgehead atoms. The highest BCUT2D eigenvalue weighted by molar-refractivity contribution is 9.10. The average molecular weight is 493 g/mol. The normalized spacial score (nSPS) is 14.7. The molecular weight excluding hydrogens is 470 g/mol. The van der Waals surface area contributed by atoms with Crippen LogP contribution in [0.4, 0.5) is 0 Å². The van der Waals surface area contributed by atoms with Gasteiger partial charge in [0.2, 0.25) is 0 Å². The van der Waals surface area contributed by atoms with Crippen LogP contribution in [0.3, 0.4) is 0 Å². The molecule has 0 saturated heterocycles. The molecular formula is C23H23BrClNO4. The van der Waals surface area contributed by atoms with E-state index in [0.29, 0.717) is 26.7 Å². The Morgan fingerprint density at radius 2 is 1.97 bits per heavy atom. The molecule has 0 spiro atoms. The second kappa shape index (κ2) is 9.31. The predicted octanol–water partition coefficient (Wildman–Crippen LogP) is 6.96. The van der Waals surface area contributed by atoms with E-state index in [-0.39, 0.29) is 0 Å². The van der Waals surface area contributed by atoms with Gasteiger partial charge in [-0.3, -0.25) is 0 Å². The third kappa shape index (κ3) is 4.93. The highest BCUT2D eigenvalue weighted by Gasteiger charge is 2.17. The maximum absolute atomic E-state index is 10.7. The second-order valence-corrected chi connectivity index (χ2v) is 8.99. The summed E-state index contributed by atoms with van der Waals surface area (Å²) in [6.45, 7) is -0.434. The van der Waals surface area contributed by atoms with Gasteiger partial charge in [-0.15, -0.1) is 0 Å². The number of fused-ring (bicyclic) bond motifs is 1. The number of benzene rings is 2. The van der Waals surface area contributed by atoms with Crippen molar-refractivity contribution in [2.75, 3.05) is 6.61 Å². The Kier molecular flexibility index (Phi) is 6.54. The van der Waals surface area contributed by atoms with E-state index in [2.05, 4.69) is 27.1 Å². The van der Waals surface area contributed by atoms with Crippen LogP contribution in [-0.2, 0) is 11.2 Å². The second-order valence-electron chi connectivity index (χ2n) is 7.73. The molecule has 5 nitrogen and oxygen atoms in total. The summed E-state index contributed by atoms with van der Waals surface area (Å²) in [4.78, 5) is 14.1. The van der Waals surface area contributed by atoms with Crippen LogP contribution >= 0.6 is 27.5 Å². The lowest BCUT2D eigenvalue weighted by atomic mass is 9.85. The summed E-state index contributed by atoms with van der Waals surface area (Å²) in [7, 11) is 0. The number of hydrogen-bond donors (Lipinski definition) is 2. The molecule has 0 radical (unpaired) electrons. The van der Waals surface area contributed by atoms with Gasteiger partial charge in [-0.1, -0.05) is 43.7 Å². The molecule has 158 valence electrons. The van der Waals surface area contributed by atoms with Gasteiger partial charge < -0.3 is 19.6 Å². The molecule has 1 fully saturated rings. The Hall–Kier alpha value is -2.18. The molecule has 30 heavy (non-hydrogen) atoms. The van der Waals surface area contributed by atoms with Crippen LogP contribution in [0.25, 0.3) is 10.9 Å². The van der Waals surface area contributed by atoms with Crippen LogP contribution in [0.15, 0.2) is 41.0 Å². The number of carboxylic acid groups (broad SMARTS) is 1. The van der Waals surface area contributed by atoms with E-state index in [1.54, 1.807) is 12.1 Å². The van der Waals surface area contributed by atoms with E-state index in [9.17, 15) is 4.79 Å². The molecule has 1 aromatic heterocycles. The average Bonchev–Trinajstić information content (AvgIpc) is 3.12. The third-order valence-corrected chi connectivity index (χ3v) is 6.40. The molecule has 0 aliphatic heterocycles. The molecule has 0 atom stereocenters. The first-order valence-corrected chi connectivity index (χ1v) is 11.3. The predicted molar refractivity (Wildman–Crippen MR) is 121 cm³/mol. The number of aromatic amines is 1. The van der Waals surface area contributed by atoms with Gasteiger partial charge in [0, 0.05) is 23.2 Å². The van der Waals surface area contributed by atoms with Gasteiger partial charge in [-0.05, 0) is 58.1 Å². The minimum absolute atomic E-state index is 0.335. The number of ether oxygens (including phenoxy) is 2. The highest BCUT2D eigenvalue weighted by Crippen LogP contribution is 2.40. The summed E-state index contributed by atoms with van der Waals surface area (Å²) in [6.07, 6.45) is 9.84. The van der Waals surface area contributed by atoms with Gasteiger partial charge in [0.25, 0.3) is 0 Å². The van der Waals surface area contributed by atoms with Gasteiger partial charge in [0.15, 0.2) is 12.4 Å². The lowest BCUT2D eigenvalue weighted by Gasteiger charge is -2.21. The van der Waals surface area contributed by atoms with Crippen LogP contribution < -0.4 is 9.47 Å². The quantitative estimate of drug-likeness (QED) is 0.374. The van der Waals surface area contributed by atoms with Crippen molar-refractivity contribution in [1.82, 2.24) is 4.98 Å². The van der Waals surface area contributed by atoms with Gasteiger partial charge in [0.05, 0.1) is 9.50 Å². The van der Waals surface area contributed by atoms with Crippen LogP contribution in [0.2, 0.25) is 5.02 Å². The van der Waals surface area contributed by atoms with Crippen molar-refractivity contribution in [1.29, 1.82) is 0 Å². The lowest BCUT2D eigenvalue weighted by molar-refractivity contribution is -0.139. The molecule has 0 amide bonds. The molecule has 1 aliphatic carbocycles. The van der Waals surface area contributed by atoms with Gasteiger partial charge in [0.1, 0.15) is 11.5 Å². The number of halogens is 2. The van der Waals surface area contributed by atoms with Crippen molar-refractivity contribution < 1.29 is 19.4 Å². The summed E-state index contributed by atoms with van der Waals surface area (Å²) < 4.78 is 11.9. The van der Waals surface area contributed by atoms with Crippen LogP contribution in [0, 0.1) is 5.92 Å². The van der Waals surface area contributed by atoms with Crippen LogP contribution in [-0.4, -0.2) is 22.7 Å². The van der Waals surface area contributed by atoms with E-state index < -0.39 is 12.6 Å². The summed E-state index contributed by atoms with van der Waals surface area (Å²) >= 11 is 9.81. The SMILES string of the molecule is O=C(O)COc1cc(Cl)c(Oc2ccc3[nH]cc(CC4CCCCC4)c3c2)c(Br)c1. The van der Waals surface area contributed by atoms with Crippen molar-refractivity contribution in [3.8, 4) is 17.2 Å². The summed E-state index contributed by atoms with van der Waals surface area (Å²) in [5, 5.41) is 10.3. The number of carbonyl (C=O) groups is 1. The first kappa shape index (κ1) is 21.1. The Labute approximate surface area is 188 Å². The Bertz CT molecular complexity index is 1040. The summed E-state index contributed by atoms with van der Waals surface area (Å²) in [5.74, 6) is 1.21. The topological polar surface area (TPSA) is 71.6 Å². The molecule has 2 N–H and O–H groups in total. The van der Waals surface area contributed by atoms with Gasteiger partial charge in [-0.2, -0.15) is 0 Å². The lowest BCUT2D eigenvalue weighted by Crippen LogP contribution is -2.09. The molecule has 4 rings (SSSR count). The summed E-state index contributed by atoms with van der Waals surface area (Å²) in [5.41, 5.74) is 2.42. The maximum atomic E-state index is 10.7. The fourth-order valence-electron chi connectivity index (χ4n) is 4.07. The minimum atomic E-state index is -1.05. The molecule has 7 heteroatoms. The largest absolute Gasteiger partial charge is 0.482 e. The van der Waals surface area contributed by atoms with Crippen molar-refractivity contribution in [2.24, 2.45) is 5.92 Å². The third-order valence-electron chi connectivity index (χ3n) is 5.53. The van der Waals surface area contributed by atoms with Gasteiger partial charge >= 0.3 is 5.97 Å². The fourth-order valence-corrected chi connectivity index (χ4v) is 4.95. The minimum Gasteiger partial charge on any atom is -0.482 e. The zero-order valence-electron chi connectivity index (χ0n) is 16.4. The zero-order chi connectivity index (χ0) is 21.1. The fraction of sp³-hybridized carbons (Fsp3) is 0.348. The van der Waals surface area contributed by atoms with E-state index in [1.165, 1.54) is 43.1 Å². The van der Waals surface area contributed by atoms with E-state index in [1.807, 2.05) is 18.2 Å². The summed E-state index contributed by atoms with van der Waals surface area (Å²) in [6, 6.07) is 9.16. The monoisotopic (exact) mass is 491 g/mol. The van der Waals surface area contributed by atoms with E-state index in [0.717, 1.165) is 17.9 Å². The molecule has 3 aromatic rings. The number of aromatic nitrogens is 1. The van der Waals surface area contributed by atoms with Crippen molar-refractivity contribution in [2.45, 2.75) is 38.5 Å². The van der Waals surface area contributed by atoms with Crippen LogP contribution in [0.5, 0.6) is 17.2 Å². The first-order chi connectivity index (χ1) is 14.5. The zero-order valence-corrected chi connectivity index (χ0v) is 18.8. The standard InChI is InChI=1S/C23H23BrClNO4/c24-19-10-17(29-13-22(27)28)11-20(25)23(19)30-16-6-7-21-18(9-16)15(12-26-21)8-14-4-2-1-3-5-14/h6-7,9-12,14,26H,1-5,8,13H2,(H,27,28). The number of hydrogen-bond acceptors (Lipinski definition) is 3. The van der Waals surface area contributed by atoms with Crippen LogP contribution in [0.1, 0.15) is 37.7 Å². The van der Waals surface area contributed by atoms with E-state index >= 15 is 0 Å². The molecule has 0 unspecified atom stereocenters. The Morgan fingerprint density at radius 1 is 1.17 bits per heavy atom. The Balaban J connectivity index is 1.55. The Morgan fingerprint density at radius 3 is 2.70 bits per heavy atom. The van der Waals surface area contributed by atoms with Crippen molar-refractivity contribution in [3.63, 3.8) is 0 Å². The smallest absolute Gasteiger partial charge is 0.341 e. The number of carboxylic acids is 1. The molecule has 1 saturated carbocycles. The molecule has 1 heterocycles. The van der Waals surface area contributed by atoms with Gasteiger partial charge in [-0.25, -0.2) is 4.79 Å². The highest BCUT2D eigenvalue weighted by atomic mass is 79.9. The number of H-pyrrole nitrogens is 1. The number of rotatable bonds is 7.